The Morgan fingerprint density at radius 1 is 1.12 bits per heavy atom. The predicted molar refractivity (Wildman–Crippen MR) is 105 cm³/mol. The number of hydrogen-bond donors (Lipinski definition) is 2. The van der Waals surface area contributed by atoms with E-state index in [9.17, 15) is 9.59 Å². The molecule has 0 saturated carbocycles. The molecule has 0 spiro atoms. The molecule has 1 heterocycles. The van der Waals surface area contributed by atoms with Crippen LogP contribution in [0.2, 0.25) is 10.0 Å². The van der Waals surface area contributed by atoms with Crippen molar-refractivity contribution in [2.75, 3.05) is 11.9 Å². The molecule has 1 aromatic heterocycles. The van der Waals surface area contributed by atoms with Crippen LogP contribution >= 0.6 is 23.2 Å². The number of benzene rings is 2. The van der Waals surface area contributed by atoms with Crippen LogP contribution in [0.1, 0.15) is 11.1 Å². The highest BCUT2D eigenvalue weighted by Gasteiger charge is 2.09. The average Bonchev–Trinajstić information content (AvgIpc) is 2.59. The molecule has 0 radical (unpaired) electrons. The fraction of sp³-hybridized carbons (Fsp3) is 0.158. The maximum Gasteiger partial charge on any atom is 0.262 e. The van der Waals surface area contributed by atoms with Gasteiger partial charge in [0.05, 0.1) is 10.5 Å². The number of carbonyl (C=O) groups is 1. The Morgan fingerprint density at radius 3 is 2.62 bits per heavy atom. The number of aromatic amines is 1. The first kappa shape index (κ1) is 18.3. The highest BCUT2D eigenvalue weighted by Crippen LogP contribution is 2.27. The SMILES string of the molecule is Cc1c(C)c2ccc(NC(=O)COc3ccc(Cl)cc3Cl)cc2[nH]c1=O. The van der Waals surface area contributed by atoms with Crippen molar-refractivity contribution in [1.29, 1.82) is 0 Å². The van der Waals surface area contributed by atoms with Gasteiger partial charge in [-0.2, -0.15) is 0 Å². The lowest BCUT2D eigenvalue weighted by Crippen LogP contribution is -2.20. The second kappa shape index (κ2) is 7.40. The number of carbonyl (C=O) groups excluding carboxylic acids is 1. The number of aryl methyl sites for hydroxylation is 1. The van der Waals surface area contributed by atoms with E-state index in [1.807, 2.05) is 13.0 Å². The van der Waals surface area contributed by atoms with E-state index >= 15 is 0 Å². The number of amides is 1. The van der Waals surface area contributed by atoms with Gasteiger partial charge < -0.3 is 15.0 Å². The molecule has 0 aliphatic rings. The van der Waals surface area contributed by atoms with Crippen LogP contribution < -0.4 is 15.6 Å². The fourth-order valence-electron chi connectivity index (χ4n) is 2.57. The Labute approximate surface area is 159 Å². The Balaban J connectivity index is 1.73. The van der Waals surface area contributed by atoms with Crippen molar-refractivity contribution >= 4 is 45.7 Å². The molecular formula is C19H16Cl2N2O3. The number of anilines is 1. The summed E-state index contributed by atoms with van der Waals surface area (Å²) in [5.74, 6) is 0.0294. The molecule has 134 valence electrons. The minimum absolute atomic E-state index is 0.140. The molecule has 0 bridgehead atoms. The maximum absolute atomic E-state index is 12.1. The highest BCUT2D eigenvalue weighted by atomic mass is 35.5. The molecule has 0 aliphatic carbocycles. The van der Waals surface area contributed by atoms with Crippen LogP contribution in [0.5, 0.6) is 5.75 Å². The third-order valence-electron chi connectivity index (χ3n) is 4.11. The molecule has 0 saturated heterocycles. The number of pyridine rings is 1. The van der Waals surface area contributed by atoms with Crippen LogP contribution in [-0.2, 0) is 4.79 Å². The summed E-state index contributed by atoms with van der Waals surface area (Å²) in [6.45, 7) is 3.47. The monoisotopic (exact) mass is 390 g/mol. The lowest BCUT2D eigenvalue weighted by Gasteiger charge is -2.10. The molecule has 5 nitrogen and oxygen atoms in total. The summed E-state index contributed by atoms with van der Waals surface area (Å²) < 4.78 is 5.41. The van der Waals surface area contributed by atoms with Crippen molar-refractivity contribution < 1.29 is 9.53 Å². The van der Waals surface area contributed by atoms with E-state index in [1.165, 1.54) is 0 Å². The van der Waals surface area contributed by atoms with Gasteiger partial charge in [-0.25, -0.2) is 0 Å². The van der Waals surface area contributed by atoms with Gasteiger partial charge in [0.1, 0.15) is 5.75 Å². The van der Waals surface area contributed by atoms with Crippen LogP contribution in [-0.4, -0.2) is 17.5 Å². The van der Waals surface area contributed by atoms with E-state index in [1.54, 1.807) is 37.3 Å². The molecule has 2 N–H and O–H groups in total. The van der Waals surface area contributed by atoms with Gasteiger partial charge in [-0.3, -0.25) is 9.59 Å². The van der Waals surface area contributed by atoms with E-state index in [4.69, 9.17) is 27.9 Å². The van der Waals surface area contributed by atoms with Gasteiger partial charge in [-0.1, -0.05) is 29.3 Å². The molecule has 3 aromatic rings. The smallest absolute Gasteiger partial charge is 0.262 e. The highest BCUT2D eigenvalue weighted by molar-refractivity contribution is 6.35. The zero-order valence-electron chi connectivity index (χ0n) is 14.2. The number of aromatic nitrogens is 1. The Morgan fingerprint density at radius 2 is 1.88 bits per heavy atom. The van der Waals surface area contributed by atoms with E-state index in [2.05, 4.69) is 10.3 Å². The number of hydrogen-bond acceptors (Lipinski definition) is 3. The molecule has 0 fully saturated rings. The normalized spacial score (nSPS) is 10.8. The van der Waals surface area contributed by atoms with Gasteiger partial charge in [0.2, 0.25) is 0 Å². The first-order valence-electron chi connectivity index (χ1n) is 7.86. The van der Waals surface area contributed by atoms with E-state index in [0.717, 1.165) is 10.9 Å². The molecular weight excluding hydrogens is 375 g/mol. The van der Waals surface area contributed by atoms with Crippen LogP contribution in [0.25, 0.3) is 10.9 Å². The van der Waals surface area contributed by atoms with Gasteiger partial charge in [0, 0.05) is 21.7 Å². The largest absolute Gasteiger partial charge is 0.482 e. The van der Waals surface area contributed by atoms with Crippen molar-refractivity contribution in [3.05, 3.63) is 67.9 Å². The number of halogens is 2. The van der Waals surface area contributed by atoms with Crippen LogP contribution in [0, 0.1) is 13.8 Å². The number of fused-ring (bicyclic) bond motifs is 1. The second-order valence-corrected chi connectivity index (χ2v) is 6.72. The maximum atomic E-state index is 12.1. The van der Waals surface area contributed by atoms with Gasteiger partial charge in [-0.05, 0) is 49.7 Å². The van der Waals surface area contributed by atoms with Gasteiger partial charge in [-0.15, -0.1) is 0 Å². The second-order valence-electron chi connectivity index (χ2n) is 5.88. The summed E-state index contributed by atoms with van der Waals surface area (Å²) in [5, 5.41) is 4.49. The summed E-state index contributed by atoms with van der Waals surface area (Å²) >= 11 is 11.8. The van der Waals surface area contributed by atoms with Crippen LogP contribution in [0.15, 0.2) is 41.2 Å². The molecule has 0 aliphatic heterocycles. The molecule has 3 rings (SSSR count). The van der Waals surface area contributed by atoms with E-state index in [0.29, 0.717) is 32.6 Å². The number of H-pyrrole nitrogens is 1. The van der Waals surface area contributed by atoms with E-state index < -0.39 is 0 Å². The van der Waals surface area contributed by atoms with Crippen molar-refractivity contribution in [3.63, 3.8) is 0 Å². The van der Waals surface area contributed by atoms with Crippen molar-refractivity contribution in [3.8, 4) is 5.75 Å². The third kappa shape index (κ3) is 3.84. The minimum atomic E-state index is -0.346. The summed E-state index contributed by atoms with van der Waals surface area (Å²) in [5.41, 5.74) is 2.69. The Bertz CT molecular complexity index is 1060. The molecule has 1 amide bonds. The molecule has 2 aromatic carbocycles. The molecule has 26 heavy (non-hydrogen) atoms. The van der Waals surface area contributed by atoms with Crippen LogP contribution in [0.4, 0.5) is 5.69 Å². The number of nitrogens with one attached hydrogen (secondary N) is 2. The Kier molecular flexibility index (Phi) is 5.20. The summed E-state index contributed by atoms with van der Waals surface area (Å²) in [6, 6.07) is 10.1. The zero-order valence-corrected chi connectivity index (χ0v) is 15.7. The van der Waals surface area contributed by atoms with Gasteiger partial charge in [0.15, 0.2) is 6.61 Å². The van der Waals surface area contributed by atoms with Crippen molar-refractivity contribution in [2.45, 2.75) is 13.8 Å². The summed E-state index contributed by atoms with van der Waals surface area (Å²) in [4.78, 5) is 26.8. The lowest BCUT2D eigenvalue weighted by atomic mass is 10.1. The standard InChI is InChI=1S/C19H16Cl2N2O3/c1-10-11(2)19(25)23-16-8-13(4-5-14(10)16)22-18(24)9-26-17-6-3-12(20)7-15(17)21/h3-8H,9H2,1-2H3,(H,22,24)(H,23,25). The first-order valence-corrected chi connectivity index (χ1v) is 8.61. The van der Waals surface area contributed by atoms with Crippen molar-refractivity contribution in [1.82, 2.24) is 4.98 Å². The molecule has 0 unspecified atom stereocenters. The van der Waals surface area contributed by atoms with Gasteiger partial charge >= 0.3 is 0 Å². The molecule has 7 heteroatoms. The summed E-state index contributed by atoms with van der Waals surface area (Å²) in [7, 11) is 0. The fourth-order valence-corrected chi connectivity index (χ4v) is 3.04. The third-order valence-corrected chi connectivity index (χ3v) is 4.64. The van der Waals surface area contributed by atoms with Gasteiger partial charge in [0.25, 0.3) is 11.5 Å². The summed E-state index contributed by atoms with van der Waals surface area (Å²) in [6.07, 6.45) is 0. The first-order chi connectivity index (χ1) is 12.3. The van der Waals surface area contributed by atoms with E-state index in [-0.39, 0.29) is 18.1 Å². The number of rotatable bonds is 4. The van der Waals surface area contributed by atoms with Crippen LogP contribution in [0.3, 0.4) is 0 Å². The average molecular weight is 391 g/mol. The lowest BCUT2D eigenvalue weighted by molar-refractivity contribution is -0.118. The predicted octanol–water partition coefficient (Wildman–Crippen LogP) is 4.47. The van der Waals surface area contributed by atoms with Crippen molar-refractivity contribution in [2.24, 2.45) is 0 Å². The quantitative estimate of drug-likeness (QED) is 0.690. The zero-order chi connectivity index (χ0) is 18.8. The minimum Gasteiger partial charge on any atom is -0.482 e. The Hall–Kier alpha value is -2.50. The topological polar surface area (TPSA) is 71.2 Å². The molecule has 0 atom stereocenters. The number of ether oxygens (including phenoxy) is 1.